The molecule has 1 aromatic carbocycles. The van der Waals surface area contributed by atoms with Crippen molar-refractivity contribution in [3.8, 4) is 5.75 Å². The summed E-state index contributed by atoms with van der Waals surface area (Å²) in [4.78, 5) is 40.8. The van der Waals surface area contributed by atoms with Crippen molar-refractivity contribution in [3.63, 3.8) is 0 Å². The van der Waals surface area contributed by atoms with Crippen LogP contribution in [-0.2, 0) is 14.3 Å². The molecular formula is C20H21N3O5. The number of nitrogens with one attached hydrogen (secondary N) is 1. The Kier molecular flexibility index (Phi) is 6.56. The summed E-state index contributed by atoms with van der Waals surface area (Å²) in [7, 11) is 0. The van der Waals surface area contributed by atoms with E-state index in [-0.39, 0.29) is 31.6 Å². The van der Waals surface area contributed by atoms with Crippen LogP contribution in [0.5, 0.6) is 5.75 Å². The first-order chi connectivity index (χ1) is 13.6. The van der Waals surface area contributed by atoms with E-state index < -0.39 is 5.97 Å². The first-order valence-electron chi connectivity index (χ1n) is 9.00. The molecule has 0 saturated carbocycles. The van der Waals surface area contributed by atoms with Crippen LogP contribution in [0.2, 0.25) is 0 Å². The second kappa shape index (κ2) is 9.50. The molecule has 1 saturated heterocycles. The van der Waals surface area contributed by atoms with Gasteiger partial charge in [-0.15, -0.1) is 0 Å². The molecule has 1 aromatic heterocycles. The number of aromatic nitrogens is 1. The van der Waals surface area contributed by atoms with Gasteiger partial charge in [0.15, 0.2) is 6.61 Å². The number of pyridine rings is 1. The van der Waals surface area contributed by atoms with E-state index in [1.807, 2.05) is 0 Å². The molecule has 146 valence electrons. The first kappa shape index (κ1) is 19.3. The number of hydrogen-bond acceptors (Lipinski definition) is 6. The van der Waals surface area contributed by atoms with E-state index in [4.69, 9.17) is 9.47 Å². The third-order valence-electron chi connectivity index (χ3n) is 4.17. The summed E-state index contributed by atoms with van der Waals surface area (Å²) in [6.45, 7) is 0.740. The predicted molar refractivity (Wildman–Crippen MR) is 101 cm³/mol. The van der Waals surface area contributed by atoms with E-state index in [1.165, 1.54) is 12.4 Å². The second-order valence-electron chi connectivity index (χ2n) is 6.14. The Hall–Kier alpha value is -3.42. The van der Waals surface area contributed by atoms with Gasteiger partial charge < -0.3 is 19.7 Å². The maximum absolute atomic E-state index is 11.8. The summed E-state index contributed by atoms with van der Waals surface area (Å²) in [6, 6.07) is 10.2. The van der Waals surface area contributed by atoms with Crippen LogP contribution in [0.3, 0.4) is 0 Å². The molecule has 0 atom stereocenters. The van der Waals surface area contributed by atoms with E-state index in [2.05, 4.69) is 10.3 Å². The van der Waals surface area contributed by atoms with Gasteiger partial charge in [-0.1, -0.05) is 0 Å². The van der Waals surface area contributed by atoms with Crippen LogP contribution in [0.15, 0.2) is 48.8 Å². The Bertz CT molecular complexity index is 823. The lowest BCUT2D eigenvalue weighted by molar-refractivity contribution is -0.145. The topological polar surface area (TPSA) is 97.8 Å². The second-order valence-corrected chi connectivity index (χ2v) is 6.14. The van der Waals surface area contributed by atoms with E-state index >= 15 is 0 Å². The standard InChI is InChI=1S/C20H21N3O5/c24-18-2-1-12-23(18)16-3-5-17(6-4-16)28-14-19(25)27-13-11-22-20(26)15-7-9-21-10-8-15/h3-10H,1-2,11-14H2,(H,22,26). The highest BCUT2D eigenvalue weighted by molar-refractivity contribution is 5.95. The molecular weight excluding hydrogens is 362 g/mol. The zero-order valence-corrected chi connectivity index (χ0v) is 15.3. The minimum Gasteiger partial charge on any atom is -0.482 e. The summed E-state index contributed by atoms with van der Waals surface area (Å²) >= 11 is 0. The molecule has 1 N–H and O–H groups in total. The molecule has 28 heavy (non-hydrogen) atoms. The molecule has 8 nitrogen and oxygen atoms in total. The molecule has 0 aliphatic carbocycles. The van der Waals surface area contributed by atoms with Gasteiger partial charge in [0.2, 0.25) is 5.91 Å². The van der Waals surface area contributed by atoms with Gasteiger partial charge in [0.25, 0.3) is 5.91 Å². The number of esters is 1. The van der Waals surface area contributed by atoms with E-state index in [9.17, 15) is 14.4 Å². The lowest BCUT2D eigenvalue weighted by atomic mass is 10.2. The van der Waals surface area contributed by atoms with Crippen molar-refractivity contribution < 1.29 is 23.9 Å². The number of ether oxygens (including phenoxy) is 2. The number of rotatable bonds is 8. The Morgan fingerprint density at radius 2 is 1.86 bits per heavy atom. The van der Waals surface area contributed by atoms with Gasteiger partial charge in [-0.25, -0.2) is 4.79 Å². The van der Waals surface area contributed by atoms with Crippen molar-refractivity contribution >= 4 is 23.5 Å². The molecule has 3 rings (SSSR count). The number of hydrogen-bond donors (Lipinski definition) is 1. The third-order valence-corrected chi connectivity index (χ3v) is 4.17. The monoisotopic (exact) mass is 383 g/mol. The summed E-state index contributed by atoms with van der Waals surface area (Å²) in [6.07, 6.45) is 4.50. The molecule has 2 heterocycles. The minimum atomic E-state index is -0.531. The average molecular weight is 383 g/mol. The number of carbonyl (C=O) groups is 3. The zero-order valence-electron chi connectivity index (χ0n) is 15.3. The fourth-order valence-electron chi connectivity index (χ4n) is 2.76. The van der Waals surface area contributed by atoms with E-state index in [0.717, 1.165) is 18.7 Å². The number of amides is 2. The Morgan fingerprint density at radius 1 is 1.11 bits per heavy atom. The molecule has 0 bridgehead atoms. The Balaban J connectivity index is 1.34. The van der Waals surface area contributed by atoms with Crippen molar-refractivity contribution in [2.24, 2.45) is 0 Å². The molecule has 2 aromatic rings. The van der Waals surface area contributed by atoms with Crippen LogP contribution >= 0.6 is 0 Å². The highest BCUT2D eigenvalue weighted by Gasteiger charge is 2.21. The quantitative estimate of drug-likeness (QED) is 0.549. The third kappa shape index (κ3) is 5.29. The SMILES string of the molecule is O=C(COc1ccc(N2CCCC2=O)cc1)OCCNC(=O)c1ccncc1. The molecule has 0 spiro atoms. The van der Waals surface area contributed by atoms with Gasteiger partial charge in [-0.2, -0.15) is 0 Å². The molecule has 0 unspecified atom stereocenters. The number of benzene rings is 1. The van der Waals surface area contributed by atoms with Crippen molar-refractivity contribution in [3.05, 3.63) is 54.4 Å². The molecule has 1 aliphatic rings. The smallest absolute Gasteiger partial charge is 0.344 e. The highest BCUT2D eigenvalue weighted by Crippen LogP contribution is 2.23. The van der Waals surface area contributed by atoms with Gasteiger partial charge >= 0.3 is 5.97 Å². The van der Waals surface area contributed by atoms with Crippen molar-refractivity contribution in [1.82, 2.24) is 10.3 Å². The minimum absolute atomic E-state index is 0.0506. The van der Waals surface area contributed by atoms with Crippen LogP contribution in [0.1, 0.15) is 23.2 Å². The fraction of sp³-hybridized carbons (Fsp3) is 0.300. The van der Waals surface area contributed by atoms with Crippen LogP contribution in [0.25, 0.3) is 0 Å². The van der Waals surface area contributed by atoms with Crippen molar-refractivity contribution in [2.75, 3.05) is 31.2 Å². The van der Waals surface area contributed by atoms with Crippen LogP contribution in [0.4, 0.5) is 5.69 Å². The van der Waals surface area contributed by atoms with Gasteiger partial charge in [-0.3, -0.25) is 14.6 Å². The van der Waals surface area contributed by atoms with Gasteiger partial charge in [-0.05, 0) is 42.8 Å². The predicted octanol–water partition coefficient (Wildman–Crippen LogP) is 1.56. The maximum atomic E-state index is 11.8. The molecule has 2 amide bonds. The first-order valence-corrected chi connectivity index (χ1v) is 9.00. The molecule has 0 radical (unpaired) electrons. The maximum Gasteiger partial charge on any atom is 0.344 e. The van der Waals surface area contributed by atoms with E-state index in [1.54, 1.807) is 41.3 Å². The fourth-order valence-corrected chi connectivity index (χ4v) is 2.76. The molecule has 1 aliphatic heterocycles. The summed E-state index contributed by atoms with van der Waals surface area (Å²) < 4.78 is 10.4. The lowest BCUT2D eigenvalue weighted by Crippen LogP contribution is -2.28. The number of anilines is 1. The summed E-state index contributed by atoms with van der Waals surface area (Å²) in [5.41, 5.74) is 1.31. The largest absolute Gasteiger partial charge is 0.482 e. The highest BCUT2D eigenvalue weighted by atomic mass is 16.6. The number of nitrogens with zero attached hydrogens (tertiary/aromatic N) is 2. The van der Waals surface area contributed by atoms with Gasteiger partial charge in [0.05, 0.1) is 6.54 Å². The van der Waals surface area contributed by atoms with Crippen LogP contribution in [-0.4, -0.2) is 49.1 Å². The van der Waals surface area contributed by atoms with Gasteiger partial charge in [0, 0.05) is 36.6 Å². The average Bonchev–Trinajstić information content (AvgIpc) is 3.16. The summed E-state index contributed by atoms with van der Waals surface area (Å²) in [5.74, 6) is -0.158. The van der Waals surface area contributed by atoms with Crippen LogP contribution < -0.4 is 15.0 Å². The van der Waals surface area contributed by atoms with Crippen molar-refractivity contribution in [2.45, 2.75) is 12.8 Å². The summed E-state index contributed by atoms with van der Waals surface area (Å²) in [5, 5.41) is 2.65. The van der Waals surface area contributed by atoms with Crippen molar-refractivity contribution in [1.29, 1.82) is 0 Å². The zero-order chi connectivity index (χ0) is 19.8. The molecule has 8 heteroatoms. The molecule has 1 fully saturated rings. The lowest BCUT2D eigenvalue weighted by Gasteiger charge is -2.16. The van der Waals surface area contributed by atoms with Gasteiger partial charge in [0.1, 0.15) is 12.4 Å². The van der Waals surface area contributed by atoms with Crippen LogP contribution in [0, 0.1) is 0 Å². The Morgan fingerprint density at radius 3 is 2.54 bits per heavy atom. The Labute approximate surface area is 162 Å². The normalized spacial score (nSPS) is 13.3. The van der Waals surface area contributed by atoms with E-state index in [0.29, 0.717) is 17.7 Å². The number of carbonyl (C=O) groups excluding carboxylic acids is 3.